The third-order valence-electron chi connectivity index (χ3n) is 2.49. The van der Waals surface area contributed by atoms with Gasteiger partial charge in [0.05, 0.1) is 6.21 Å². The maximum absolute atomic E-state index is 8.90. The van der Waals surface area contributed by atoms with Gasteiger partial charge >= 0.3 is 0 Å². The first-order valence-corrected chi connectivity index (χ1v) is 6.24. The van der Waals surface area contributed by atoms with Crippen LogP contribution in [-0.4, -0.2) is 17.8 Å². The van der Waals surface area contributed by atoms with E-state index in [1.165, 1.54) is 0 Å². The van der Waals surface area contributed by atoms with Crippen molar-refractivity contribution in [3.63, 3.8) is 0 Å². The second-order valence-corrected chi connectivity index (χ2v) is 4.03. The standard InChI is InChI=1S/C15H14N4O2/c1-3-8-20-14-7-5-4-6-12(14)10-17-19-15-13(9-16)18-11(2)21-15/h3-7,10,19H,1,8H2,2H3/b17-10+. The molecule has 6 nitrogen and oxygen atoms in total. The lowest BCUT2D eigenvalue weighted by Crippen LogP contribution is -1.98. The fourth-order valence-electron chi connectivity index (χ4n) is 1.61. The average molecular weight is 282 g/mol. The number of hydrogen-bond donors (Lipinski definition) is 1. The van der Waals surface area contributed by atoms with Gasteiger partial charge in [0, 0.05) is 12.5 Å². The maximum atomic E-state index is 8.90. The summed E-state index contributed by atoms with van der Waals surface area (Å²) in [6, 6.07) is 9.37. The summed E-state index contributed by atoms with van der Waals surface area (Å²) in [5, 5.41) is 12.9. The van der Waals surface area contributed by atoms with Crippen LogP contribution in [0.4, 0.5) is 5.88 Å². The third kappa shape index (κ3) is 3.70. The van der Waals surface area contributed by atoms with Crippen molar-refractivity contribution < 1.29 is 9.15 Å². The number of oxazole rings is 1. The highest BCUT2D eigenvalue weighted by Crippen LogP contribution is 2.17. The molecule has 0 bridgehead atoms. The van der Waals surface area contributed by atoms with E-state index in [1.807, 2.05) is 30.3 Å². The van der Waals surface area contributed by atoms with E-state index in [9.17, 15) is 0 Å². The van der Waals surface area contributed by atoms with Crippen molar-refractivity contribution in [2.45, 2.75) is 6.92 Å². The molecule has 1 aromatic heterocycles. The molecule has 1 heterocycles. The Labute approximate surface area is 122 Å². The Kier molecular flexibility index (Phi) is 4.72. The first-order valence-electron chi connectivity index (χ1n) is 6.24. The Bertz CT molecular complexity index is 698. The smallest absolute Gasteiger partial charge is 0.252 e. The van der Waals surface area contributed by atoms with Crippen LogP contribution in [0.1, 0.15) is 17.1 Å². The summed E-state index contributed by atoms with van der Waals surface area (Å²) in [7, 11) is 0. The van der Waals surface area contributed by atoms with Gasteiger partial charge in [0.15, 0.2) is 5.89 Å². The van der Waals surface area contributed by atoms with Crippen LogP contribution >= 0.6 is 0 Å². The molecule has 0 unspecified atom stereocenters. The van der Waals surface area contributed by atoms with Crippen molar-refractivity contribution >= 4 is 12.1 Å². The summed E-state index contributed by atoms with van der Waals surface area (Å²) >= 11 is 0. The van der Waals surface area contributed by atoms with E-state index in [0.29, 0.717) is 18.2 Å². The molecular weight excluding hydrogens is 268 g/mol. The minimum atomic E-state index is 0.167. The highest BCUT2D eigenvalue weighted by atomic mass is 16.5. The molecule has 0 spiro atoms. The number of aromatic nitrogens is 1. The van der Waals surface area contributed by atoms with Crippen molar-refractivity contribution in [1.29, 1.82) is 5.26 Å². The van der Waals surface area contributed by atoms with Crippen molar-refractivity contribution in [3.8, 4) is 11.8 Å². The molecule has 2 aromatic rings. The minimum Gasteiger partial charge on any atom is -0.489 e. The van der Waals surface area contributed by atoms with Crippen molar-refractivity contribution in [2.75, 3.05) is 12.0 Å². The Balaban J connectivity index is 2.11. The molecule has 0 fully saturated rings. The first-order chi connectivity index (χ1) is 10.2. The van der Waals surface area contributed by atoms with Gasteiger partial charge in [-0.15, -0.1) is 0 Å². The van der Waals surface area contributed by atoms with E-state index in [-0.39, 0.29) is 11.6 Å². The average Bonchev–Trinajstić information content (AvgIpc) is 2.86. The highest BCUT2D eigenvalue weighted by molar-refractivity contribution is 5.83. The molecule has 0 aliphatic heterocycles. The number of rotatable bonds is 6. The molecule has 1 N–H and O–H groups in total. The van der Waals surface area contributed by atoms with Crippen LogP contribution in [0.5, 0.6) is 5.75 Å². The molecular formula is C15H14N4O2. The molecule has 106 valence electrons. The van der Waals surface area contributed by atoms with Gasteiger partial charge in [-0.25, -0.2) is 10.4 Å². The fourth-order valence-corrected chi connectivity index (χ4v) is 1.61. The van der Waals surface area contributed by atoms with Crippen LogP contribution in [-0.2, 0) is 0 Å². The predicted molar refractivity (Wildman–Crippen MR) is 79.3 cm³/mol. The Morgan fingerprint density at radius 1 is 1.52 bits per heavy atom. The van der Waals surface area contributed by atoms with Gasteiger partial charge in [-0.2, -0.15) is 10.4 Å². The molecule has 21 heavy (non-hydrogen) atoms. The molecule has 0 saturated carbocycles. The van der Waals surface area contributed by atoms with Crippen LogP contribution in [0.15, 0.2) is 46.4 Å². The first kappa shape index (κ1) is 14.3. The summed E-state index contributed by atoms with van der Waals surface area (Å²) < 4.78 is 10.7. The molecule has 0 atom stereocenters. The van der Waals surface area contributed by atoms with Crippen LogP contribution in [0.2, 0.25) is 0 Å². The van der Waals surface area contributed by atoms with Gasteiger partial charge in [0.2, 0.25) is 5.69 Å². The van der Waals surface area contributed by atoms with E-state index in [4.69, 9.17) is 14.4 Å². The van der Waals surface area contributed by atoms with Crippen LogP contribution in [0.3, 0.4) is 0 Å². The minimum absolute atomic E-state index is 0.167. The predicted octanol–water partition coefficient (Wildman–Crippen LogP) is 2.87. The number of anilines is 1. The van der Waals surface area contributed by atoms with Crippen molar-refractivity contribution in [1.82, 2.24) is 4.98 Å². The maximum Gasteiger partial charge on any atom is 0.252 e. The van der Waals surface area contributed by atoms with Gasteiger partial charge in [0.1, 0.15) is 18.4 Å². The quantitative estimate of drug-likeness (QED) is 0.500. The van der Waals surface area contributed by atoms with Crippen LogP contribution < -0.4 is 10.2 Å². The lowest BCUT2D eigenvalue weighted by Gasteiger charge is -2.05. The van der Waals surface area contributed by atoms with Crippen LogP contribution in [0, 0.1) is 18.3 Å². The van der Waals surface area contributed by atoms with Gasteiger partial charge < -0.3 is 9.15 Å². The summed E-state index contributed by atoms with van der Waals surface area (Å²) in [4.78, 5) is 3.91. The summed E-state index contributed by atoms with van der Waals surface area (Å²) in [5.41, 5.74) is 3.62. The molecule has 0 radical (unpaired) electrons. The van der Waals surface area contributed by atoms with Gasteiger partial charge in [-0.1, -0.05) is 24.8 Å². The van der Waals surface area contributed by atoms with E-state index in [2.05, 4.69) is 22.1 Å². The largest absolute Gasteiger partial charge is 0.489 e. The fraction of sp³-hybridized carbons (Fsp3) is 0.133. The number of benzene rings is 1. The summed E-state index contributed by atoms with van der Waals surface area (Å²) in [6.07, 6.45) is 3.25. The highest BCUT2D eigenvalue weighted by Gasteiger charge is 2.08. The topological polar surface area (TPSA) is 83.4 Å². The lowest BCUT2D eigenvalue weighted by molar-refractivity contribution is 0.363. The number of nitriles is 1. The van der Waals surface area contributed by atoms with Crippen molar-refractivity contribution in [3.05, 3.63) is 54.1 Å². The molecule has 2 rings (SSSR count). The molecule has 0 amide bonds. The zero-order chi connectivity index (χ0) is 15.1. The van der Waals surface area contributed by atoms with E-state index in [1.54, 1.807) is 19.2 Å². The molecule has 0 saturated heterocycles. The second kappa shape index (κ2) is 6.91. The van der Waals surface area contributed by atoms with E-state index >= 15 is 0 Å². The van der Waals surface area contributed by atoms with Gasteiger partial charge in [-0.05, 0) is 12.1 Å². The third-order valence-corrected chi connectivity index (χ3v) is 2.49. The number of aryl methyl sites for hydroxylation is 1. The van der Waals surface area contributed by atoms with E-state index in [0.717, 1.165) is 5.56 Å². The monoisotopic (exact) mass is 282 g/mol. The molecule has 0 aliphatic rings. The van der Waals surface area contributed by atoms with Crippen LogP contribution in [0.25, 0.3) is 0 Å². The molecule has 6 heteroatoms. The lowest BCUT2D eigenvalue weighted by atomic mass is 10.2. The summed E-state index contributed by atoms with van der Waals surface area (Å²) in [6.45, 7) is 5.68. The van der Waals surface area contributed by atoms with Gasteiger partial charge in [0.25, 0.3) is 5.88 Å². The zero-order valence-corrected chi connectivity index (χ0v) is 11.5. The summed E-state index contributed by atoms with van der Waals surface area (Å²) in [5.74, 6) is 1.31. The normalized spacial score (nSPS) is 10.3. The molecule has 1 aromatic carbocycles. The number of hydrogen-bond acceptors (Lipinski definition) is 6. The number of hydrazone groups is 1. The number of nitrogens with one attached hydrogen (secondary N) is 1. The van der Waals surface area contributed by atoms with Gasteiger partial charge in [-0.3, -0.25) is 0 Å². The zero-order valence-electron chi connectivity index (χ0n) is 11.5. The Hall–Kier alpha value is -3.07. The Morgan fingerprint density at radius 2 is 2.33 bits per heavy atom. The number of nitrogens with zero attached hydrogens (tertiary/aromatic N) is 3. The Morgan fingerprint density at radius 3 is 3.10 bits per heavy atom. The second-order valence-electron chi connectivity index (χ2n) is 4.03. The SMILES string of the molecule is C=CCOc1ccccc1/C=N/Nc1oc(C)nc1C#N. The number of para-hydroxylation sites is 1. The molecule has 0 aliphatic carbocycles. The number of ether oxygens (including phenoxy) is 1. The van der Waals surface area contributed by atoms with E-state index < -0.39 is 0 Å². The van der Waals surface area contributed by atoms with Crippen molar-refractivity contribution in [2.24, 2.45) is 5.10 Å².